The predicted molar refractivity (Wildman–Crippen MR) is 52.8 cm³/mol. The van der Waals surface area contributed by atoms with Crippen LogP contribution >= 0.6 is 0 Å². The van der Waals surface area contributed by atoms with Crippen LogP contribution in [0, 0.1) is 0 Å². The van der Waals surface area contributed by atoms with Gasteiger partial charge in [0.15, 0.2) is 0 Å². The molecule has 0 amide bonds. The first-order chi connectivity index (χ1) is 5.88. The Morgan fingerprint density at radius 1 is 1.38 bits per heavy atom. The fraction of sp³-hybridized carbons (Fsp3) is 1.00. The Morgan fingerprint density at radius 3 is 2.31 bits per heavy atom. The summed E-state index contributed by atoms with van der Waals surface area (Å²) in [4.78, 5) is 0. The third-order valence-electron chi connectivity index (χ3n) is 1.98. The minimum atomic E-state index is -0.528. The number of halogens is 1. The van der Waals surface area contributed by atoms with Crippen molar-refractivity contribution in [3.8, 4) is 0 Å². The number of hydrogen-bond donors (Lipinski definition) is 4. The van der Waals surface area contributed by atoms with Crippen molar-refractivity contribution in [2.24, 2.45) is 22.9 Å². The van der Waals surface area contributed by atoms with E-state index in [1.807, 2.05) is 6.92 Å². The van der Waals surface area contributed by atoms with E-state index in [1.54, 1.807) is 0 Å². The van der Waals surface area contributed by atoms with Crippen LogP contribution in [0.4, 0.5) is 0 Å². The summed E-state index contributed by atoms with van der Waals surface area (Å²) in [6.07, 6.45) is 1.00. The molecule has 8 N–H and O–H groups in total. The van der Waals surface area contributed by atoms with E-state index in [2.05, 4.69) is 6.92 Å². The van der Waals surface area contributed by atoms with Crippen molar-refractivity contribution in [3.05, 3.63) is 0 Å². The second-order valence-corrected chi connectivity index (χ2v) is 7.44. The SMILES string of the molecule is CC([I-]CCC(N)CN)C(C)(N)N. The van der Waals surface area contributed by atoms with Gasteiger partial charge in [0, 0.05) is 0 Å². The van der Waals surface area contributed by atoms with Crippen molar-refractivity contribution in [1.82, 2.24) is 0 Å². The van der Waals surface area contributed by atoms with Gasteiger partial charge in [0.2, 0.25) is 0 Å². The summed E-state index contributed by atoms with van der Waals surface area (Å²) in [5.41, 5.74) is 22.1. The van der Waals surface area contributed by atoms with Crippen LogP contribution in [0.25, 0.3) is 0 Å². The van der Waals surface area contributed by atoms with Crippen LogP contribution in [0.1, 0.15) is 20.3 Å². The Labute approximate surface area is 91.0 Å². The van der Waals surface area contributed by atoms with Crippen LogP contribution in [0.2, 0.25) is 0 Å². The number of nitrogens with two attached hydrogens (primary N) is 4. The molecule has 82 valence electrons. The Morgan fingerprint density at radius 2 is 1.92 bits per heavy atom. The molecule has 0 saturated heterocycles. The molecule has 4 nitrogen and oxygen atoms in total. The molecule has 0 aromatic carbocycles. The maximum atomic E-state index is 5.78. The summed E-state index contributed by atoms with van der Waals surface area (Å²) in [5.74, 6) is 0. The maximum absolute atomic E-state index is 5.78. The van der Waals surface area contributed by atoms with Crippen molar-refractivity contribution in [3.63, 3.8) is 0 Å². The van der Waals surface area contributed by atoms with Gasteiger partial charge < -0.3 is 0 Å². The minimum absolute atomic E-state index is 0.0470. The molecule has 0 aliphatic rings. The third-order valence-corrected chi connectivity index (χ3v) is 5.89. The summed E-state index contributed by atoms with van der Waals surface area (Å²) in [7, 11) is 0. The summed E-state index contributed by atoms with van der Waals surface area (Å²) < 4.78 is 1.58. The average molecular weight is 301 g/mol. The van der Waals surface area contributed by atoms with Crippen molar-refractivity contribution in [1.29, 1.82) is 0 Å². The van der Waals surface area contributed by atoms with E-state index in [-0.39, 0.29) is 27.2 Å². The molecule has 0 fully saturated rings. The van der Waals surface area contributed by atoms with Crippen LogP contribution in [-0.2, 0) is 0 Å². The van der Waals surface area contributed by atoms with Gasteiger partial charge >= 0.3 is 91.0 Å². The van der Waals surface area contributed by atoms with E-state index in [0.29, 0.717) is 10.5 Å². The van der Waals surface area contributed by atoms with E-state index in [9.17, 15) is 0 Å². The van der Waals surface area contributed by atoms with E-state index in [0.717, 1.165) is 10.8 Å². The Hall–Kier alpha value is 0.570. The predicted octanol–water partition coefficient (Wildman–Crippen LogP) is -4.23. The van der Waals surface area contributed by atoms with Gasteiger partial charge in [0.1, 0.15) is 0 Å². The van der Waals surface area contributed by atoms with Crippen LogP contribution in [0.3, 0.4) is 0 Å². The molecule has 2 atom stereocenters. The van der Waals surface area contributed by atoms with Crippen LogP contribution in [-0.4, -0.2) is 26.6 Å². The first-order valence-corrected chi connectivity index (χ1v) is 7.26. The van der Waals surface area contributed by atoms with E-state index >= 15 is 0 Å². The van der Waals surface area contributed by atoms with Crippen molar-refractivity contribution >= 4 is 0 Å². The molecule has 0 rings (SSSR count). The summed E-state index contributed by atoms with van der Waals surface area (Å²) in [6.45, 7) is 4.56. The fourth-order valence-corrected chi connectivity index (χ4v) is 3.69. The quantitative estimate of drug-likeness (QED) is 0.227. The first-order valence-electron chi connectivity index (χ1n) is 4.49. The van der Waals surface area contributed by atoms with Gasteiger partial charge in [0.05, 0.1) is 0 Å². The van der Waals surface area contributed by atoms with Crippen molar-refractivity contribution in [2.75, 3.05) is 11.0 Å². The monoisotopic (exact) mass is 301 g/mol. The molecular weight excluding hydrogens is 279 g/mol. The zero-order chi connectivity index (χ0) is 10.5. The molecule has 13 heavy (non-hydrogen) atoms. The molecule has 0 heterocycles. The van der Waals surface area contributed by atoms with Gasteiger partial charge in [-0.25, -0.2) is 0 Å². The third kappa shape index (κ3) is 6.62. The topological polar surface area (TPSA) is 104 Å². The molecule has 0 aromatic rings. The second kappa shape index (κ2) is 6.13. The van der Waals surface area contributed by atoms with Gasteiger partial charge in [-0.15, -0.1) is 0 Å². The molecule has 0 bridgehead atoms. The fourth-order valence-electron chi connectivity index (χ4n) is 0.651. The van der Waals surface area contributed by atoms with Crippen molar-refractivity contribution in [2.45, 2.75) is 35.9 Å². The first kappa shape index (κ1) is 13.6. The Balaban J connectivity index is 3.54. The zero-order valence-electron chi connectivity index (χ0n) is 8.46. The molecule has 0 aliphatic carbocycles. The molecule has 0 aromatic heterocycles. The molecule has 0 aliphatic heterocycles. The summed E-state index contributed by atoms with van der Waals surface area (Å²) >= 11 is 0.0470. The van der Waals surface area contributed by atoms with E-state index in [1.165, 1.54) is 0 Å². The zero-order valence-corrected chi connectivity index (χ0v) is 10.6. The summed E-state index contributed by atoms with van der Waals surface area (Å²) in [5, 5.41) is 0. The van der Waals surface area contributed by atoms with Gasteiger partial charge in [-0.1, -0.05) is 0 Å². The van der Waals surface area contributed by atoms with Crippen LogP contribution < -0.4 is 44.1 Å². The Kier molecular flexibility index (Phi) is 6.40. The van der Waals surface area contributed by atoms with Crippen LogP contribution in [0.5, 0.6) is 0 Å². The normalized spacial score (nSPS) is 17.4. The molecule has 0 saturated carbocycles. The molecule has 0 radical (unpaired) electrons. The Bertz CT molecular complexity index is 135. The standard InChI is InChI=1S/C8H22IN4/c1-6(8(2,12)13)9-4-3-7(11)5-10/h6-7H,3-5,10-13H2,1-2H3/q-1. The van der Waals surface area contributed by atoms with Gasteiger partial charge in [0.25, 0.3) is 0 Å². The van der Waals surface area contributed by atoms with Crippen LogP contribution in [0.15, 0.2) is 0 Å². The number of alkyl halides is 2. The van der Waals surface area contributed by atoms with Crippen molar-refractivity contribution < 1.29 is 21.2 Å². The average Bonchev–Trinajstić information content (AvgIpc) is 2.02. The van der Waals surface area contributed by atoms with E-state index < -0.39 is 5.66 Å². The molecule has 0 spiro atoms. The summed E-state index contributed by atoms with van der Waals surface area (Å²) in [6, 6.07) is 0.147. The molecule has 5 heteroatoms. The van der Waals surface area contributed by atoms with Gasteiger partial charge in [-0.2, -0.15) is 0 Å². The number of hydrogen-bond acceptors (Lipinski definition) is 4. The van der Waals surface area contributed by atoms with Gasteiger partial charge in [-0.05, 0) is 0 Å². The second-order valence-electron chi connectivity index (χ2n) is 3.61. The van der Waals surface area contributed by atoms with Gasteiger partial charge in [-0.3, -0.25) is 0 Å². The molecular formula is C8H22IN4-. The van der Waals surface area contributed by atoms with E-state index in [4.69, 9.17) is 22.9 Å². The molecule has 2 unspecified atom stereocenters. The number of rotatable bonds is 6.